The van der Waals surface area contributed by atoms with Gasteiger partial charge in [0, 0.05) is 19.8 Å². The van der Waals surface area contributed by atoms with Gasteiger partial charge in [0.05, 0.1) is 31.7 Å². The molecule has 4 N–H and O–H groups in total. The standard InChI is InChI=1S/C28H60NO3.C7H6O3/c1-2-3-4-5-6-7-8-9-10-11-12-13-14-15-22-29(23-16-19-26-30,24-17-20-27-31)25-18-21-28-32;8-6-4-2-1-3-5(6)7(9)10/h30-32H,2-28H2,1H3;1-4,8H,(H,9,10)/q+1;/p-1. The van der Waals surface area contributed by atoms with Crippen LogP contribution in [0.2, 0.25) is 0 Å². The monoisotopic (exact) mass is 595 g/mol. The Labute approximate surface area is 257 Å². The number of aliphatic hydroxyl groups excluding tert-OH is 3. The number of para-hydroxylation sites is 1. The van der Waals surface area contributed by atoms with Crippen LogP contribution >= 0.6 is 0 Å². The summed E-state index contributed by atoms with van der Waals surface area (Å²) in [6, 6.07) is 5.54. The number of aliphatic hydroxyl groups is 3. The molecule has 0 aliphatic carbocycles. The first-order valence-electron chi connectivity index (χ1n) is 17.1. The van der Waals surface area contributed by atoms with E-state index in [4.69, 9.17) is 5.11 Å². The first-order chi connectivity index (χ1) is 20.5. The number of carboxylic acids is 1. The molecule has 0 amide bonds. The smallest absolute Gasteiger partial charge is 0.335 e. The second kappa shape index (κ2) is 29.4. The van der Waals surface area contributed by atoms with Crippen LogP contribution in [-0.4, -0.2) is 76.9 Å². The van der Waals surface area contributed by atoms with Gasteiger partial charge in [-0.05, 0) is 57.4 Å². The summed E-state index contributed by atoms with van der Waals surface area (Å²) in [5.41, 5.74) is -0.178. The molecule has 0 unspecified atom stereocenters. The maximum atomic E-state index is 10.7. The summed E-state index contributed by atoms with van der Waals surface area (Å²) in [7, 11) is 0. The molecule has 0 spiro atoms. The largest absolute Gasteiger partial charge is 0.872 e. The highest BCUT2D eigenvalue weighted by molar-refractivity contribution is 5.90. The highest BCUT2D eigenvalue weighted by Gasteiger charge is 2.25. The summed E-state index contributed by atoms with van der Waals surface area (Å²) in [6.07, 6.45) is 25.4. The molecule has 0 aliphatic heterocycles. The Hall–Kier alpha value is -1.67. The van der Waals surface area contributed by atoms with Crippen LogP contribution < -0.4 is 5.11 Å². The molecule has 7 nitrogen and oxygen atoms in total. The molecule has 0 bridgehead atoms. The summed E-state index contributed by atoms with van der Waals surface area (Å²) >= 11 is 0. The van der Waals surface area contributed by atoms with Gasteiger partial charge in [-0.1, -0.05) is 108 Å². The van der Waals surface area contributed by atoms with Crippen molar-refractivity contribution < 1.29 is 34.8 Å². The van der Waals surface area contributed by atoms with E-state index < -0.39 is 11.7 Å². The molecule has 0 aliphatic rings. The Morgan fingerprint density at radius 3 is 1.21 bits per heavy atom. The van der Waals surface area contributed by atoms with Gasteiger partial charge in [0.2, 0.25) is 0 Å². The van der Waals surface area contributed by atoms with Crippen LogP contribution in [0.1, 0.15) is 146 Å². The molecule has 1 aromatic carbocycles. The van der Waals surface area contributed by atoms with Gasteiger partial charge in [-0.2, -0.15) is 0 Å². The van der Waals surface area contributed by atoms with Crippen LogP contribution in [0.5, 0.6) is 5.75 Å². The zero-order valence-corrected chi connectivity index (χ0v) is 27.0. The van der Waals surface area contributed by atoms with Crippen LogP contribution in [0.4, 0.5) is 0 Å². The molecular formula is C35H65NO6. The Morgan fingerprint density at radius 2 is 0.905 bits per heavy atom. The van der Waals surface area contributed by atoms with Crippen molar-refractivity contribution in [3.63, 3.8) is 0 Å². The van der Waals surface area contributed by atoms with Gasteiger partial charge in [-0.25, -0.2) is 4.79 Å². The summed E-state index contributed by atoms with van der Waals surface area (Å²) in [5.74, 6) is -1.62. The van der Waals surface area contributed by atoms with Crippen LogP contribution in [0.25, 0.3) is 0 Å². The quantitative estimate of drug-likeness (QED) is 0.0608. The van der Waals surface area contributed by atoms with Crippen molar-refractivity contribution in [1.82, 2.24) is 0 Å². The van der Waals surface area contributed by atoms with Gasteiger partial charge in [0.1, 0.15) is 0 Å². The molecule has 0 heterocycles. The van der Waals surface area contributed by atoms with Gasteiger partial charge >= 0.3 is 5.97 Å². The molecule has 246 valence electrons. The lowest BCUT2D eigenvalue weighted by Gasteiger charge is -2.39. The minimum Gasteiger partial charge on any atom is -0.872 e. The average Bonchev–Trinajstić information content (AvgIpc) is 2.98. The molecule has 0 fully saturated rings. The van der Waals surface area contributed by atoms with E-state index in [1.807, 2.05) is 0 Å². The summed E-state index contributed by atoms with van der Waals surface area (Å²) in [4.78, 5) is 10.2. The number of nitrogens with zero attached hydrogens (tertiary/aromatic N) is 1. The van der Waals surface area contributed by atoms with E-state index in [0.29, 0.717) is 0 Å². The fraction of sp³-hybridized carbons (Fsp3) is 0.800. The summed E-state index contributed by atoms with van der Waals surface area (Å²) in [6.45, 7) is 7.76. The molecule has 0 saturated heterocycles. The number of hydrogen-bond donors (Lipinski definition) is 4. The van der Waals surface area contributed by atoms with E-state index >= 15 is 0 Å². The summed E-state index contributed by atoms with van der Waals surface area (Å²) in [5, 5.41) is 46.7. The van der Waals surface area contributed by atoms with Crippen molar-refractivity contribution in [2.75, 3.05) is 46.0 Å². The number of benzene rings is 1. The number of rotatable bonds is 28. The van der Waals surface area contributed by atoms with Crippen LogP contribution in [0.3, 0.4) is 0 Å². The average molecular weight is 596 g/mol. The molecule has 0 radical (unpaired) electrons. The number of carboxylic acid groups (broad SMARTS) is 1. The van der Waals surface area contributed by atoms with Crippen molar-refractivity contribution in [2.24, 2.45) is 0 Å². The fourth-order valence-corrected chi connectivity index (χ4v) is 5.63. The first-order valence-corrected chi connectivity index (χ1v) is 17.1. The van der Waals surface area contributed by atoms with Crippen molar-refractivity contribution in [1.29, 1.82) is 0 Å². The predicted molar refractivity (Wildman–Crippen MR) is 172 cm³/mol. The minimum absolute atomic E-state index is 0.178. The summed E-state index contributed by atoms with van der Waals surface area (Å²) < 4.78 is 1.12. The molecule has 1 rings (SSSR count). The van der Waals surface area contributed by atoms with Crippen LogP contribution in [-0.2, 0) is 0 Å². The van der Waals surface area contributed by atoms with E-state index in [1.54, 1.807) is 0 Å². The molecule has 7 heteroatoms. The number of unbranched alkanes of at least 4 members (excludes halogenated alkanes) is 16. The number of carbonyl (C=O) groups is 1. The maximum absolute atomic E-state index is 10.7. The van der Waals surface area contributed by atoms with Crippen molar-refractivity contribution in [3.8, 4) is 5.75 Å². The minimum atomic E-state index is -1.18. The van der Waals surface area contributed by atoms with E-state index in [1.165, 1.54) is 121 Å². The highest BCUT2D eigenvalue weighted by atomic mass is 16.4. The third-order valence-electron chi connectivity index (χ3n) is 8.23. The lowest BCUT2D eigenvalue weighted by atomic mass is 10.0. The molecule has 0 aromatic heterocycles. The molecule has 0 atom stereocenters. The third-order valence-corrected chi connectivity index (χ3v) is 8.23. The zero-order chi connectivity index (χ0) is 31.2. The Balaban J connectivity index is 0.00000140. The second-order valence-corrected chi connectivity index (χ2v) is 11.9. The van der Waals surface area contributed by atoms with Gasteiger partial charge in [0.25, 0.3) is 0 Å². The van der Waals surface area contributed by atoms with E-state index in [-0.39, 0.29) is 25.4 Å². The normalized spacial score (nSPS) is 11.3. The van der Waals surface area contributed by atoms with E-state index in [9.17, 15) is 25.2 Å². The van der Waals surface area contributed by atoms with Crippen LogP contribution in [0, 0.1) is 0 Å². The van der Waals surface area contributed by atoms with Crippen molar-refractivity contribution in [3.05, 3.63) is 29.8 Å². The third kappa shape index (κ3) is 22.9. The van der Waals surface area contributed by atoms with Crippen LogP contribution in [0.15, 0.2) is 24.3 Å². The molecule has 42 heavy (non-hydrogen) atoms. The van der Waals surface area contributed by atoms with E-state index in [2.05, 4.69) is 6.92 Å². The maximum Gasteiger partial charge on any atom is 0.335 e. The van der Waals surface area contributed by atoms with Gasteiger partial charge in [-0.15, -0.1) is 0 Å². The van der Waals surface area contributed by atoms with Crippen molar-refractivity contribution in [2.45, 2.75) is 135 Å². The predicted octanol–water partition coefficient (Wildman–Crippen LogP) is 7.06. The fourth-order valence-electron chi connectivity index (χ4n) is 5.63. The Kier molecular flexibility index (Phi) is 28.2. The Morgan fingerprint density at radius 1 is 0.571 bits per heavy atom. The zero-order valence-electron chi connectivity index (χ0n) is 27.0. The molecule has 1 aromatic rings. The van der Waals surface area contributed by atoms with Gasteiger partial charge < -0.3 is 30.0 Å². The molecule has 0 saturated carbocycles. The number of hydrogen-bond acceptors (Lipinski definition) is 5. The van der Waals surface area contributed by atoms with Gasteiger partial charge in [-0.3, -0.25) is 0 Å². The topological polar surface area (TPSA) is 121 Å². The van der Waals surface area contributed by atoms with Crippen molar-refractivity contribution >= 4 is 5.97 Å². The van der Waals surface area contributed by atoms with Gasteiger partial charge in [0.15, 0.2) is 0 Å². The first kappa shape index (κ1) is 40.3. The lowest BCUT2D eigenvalue weighted by Crippen LogP contribution is -2.51. The SMILES string of the molecule is CCCCCCCCCCCCCCCC[N+](CCCCO)(CCCCO)CCCCO.O=C(O)c1ccccc1[O-]. The molecular weight excluding hydrogens is 530 g/mol. The van der Waals surface area contributed by atoms with E-state index in [0.717, 1.165) is 62.6 Å². The second-order valence-electron chi connectivity index (χ2n) is 11.9. The number of aromatic carboxylic acids is 1. The number of quaternary nitrogens is 1. The Bertz CT molecular complexity index is 703. The highest BCUT2D eigenvalue weighted by Crippen LogP contribution is 2.19. The lowest BCUT2D eigenvalue weighted by molar-refractivity contribution is -0.929.